The van der Waals surface area contributed by atoms with Gasteiger partial charge in [-0.15, -0.1) is 0 Å². The quantitative estimate of drug-likeness (QED) is 0.893. The van der Waals surface area contributed by atoms with Crippen LogP contribution in [0.5, 0.6) is 0 Å². The van der Waals surface area contributed by atoms with E-state index in [2.05, 4.69) is 74.2 Å². The number of hydrogen-bond acceptors (Lipinski definition) is 2. The molecule has 2 rings (SSSR count). The molecule has 2 heteroatoms. The van der Waals surface area contributed by atoms with Crippen LogP contribution in [-0.2, 0) is 0 Å². The van der Waals surface area contributed by atoms with Gasteiger partial charge in [-0.25, -0.2) is 0 Å². The van der Waals surface area contributed by atoms with E-state index in [4.69, 9.17) is 5.73 Å². The van der Waals surface area contributed by atoms with Crippen molar-refractivity contribution < 1.29 is 0 Å². The van der Waals surface area contributed by atoms with Gasteiger partial charge >= 0.3 is 0 Å². The van der Waals surface area contributed by atoms with E-state index in [-0.39, 0.29) is 6.04 Å². The maximum Gasteiger partial charge on any atom is 0.0667 e. The fourth-order valence-corrected chi connectivity index (χ4v) is 2.77. The molecule has 1 atom stereocenters. The predicted octanol–water partition coefficient (Wildman–Crippen LogP) is 3.83. The van der Waals surface area contributed by atoms with Gasteiger partial charge in [0.05, 0.1) is 6.04 Å². The molecule has 0 fully saturated rings. The van der Waals surface area contributed by atoms with Crippen LogP contribution in [0.2, 0.25) is 0 Å². The van der Waals surface area contributed by atoms with Gasteiger partial charge in [-0.1, -0.05) is 36.4 Å². The molecule has 2 nitrogen and oxygen atoms in total. The van der Waals surface area contributed by atoms with Crippen molar-refractivity contribution in [2.24, 2.45) is 5.73 Å². The second kappa shape index (κ2) is 6.58. The number of nitrogens with zero attached hydrogens (tertiary/aromatic N) is 1. The van der Waals surface area contributed by atoms with Crippen molar-refractivity contribution in [3.8, 4) is 0 Å². The Morgan fingerprint density at radius 3 is 2.40 bits per heavy atom. The van der Waals surface area contributed by atoms with E-state index < -0.39 is 0 Å². The summed E-state index contributed by atoms with van der Waals surface area (Å²) in [6.07, 6.45) is 0. The molecular weight excluding hydrogens is 244 g/mol. The fourth-order valence-electron chi connectivity index (χ4n) is 2.77. The lowest BCUT2D eigenvalue weighted by Gasteiger charge is -2.33. The molecule has 20 heavy (non-hydrogen) atoms. The van der Waals surface area contributed by atoms with Crippen molar-refractivity contribution in [2.75, 3.05) is 18.0 Å². The highest BCUT2D eigenvalue weighted by Crippen LogP contribution is 2.28. The number of hydrogen-bond donors (Lipinski definition) is 1. The molecule has 0 saturated heterocycles. The van der Waals surface area contributed by atoms with E-state index in [1.807, 2.05) is 0 Å². The largest absolute Gasteiger partial charge is 0.363 e. The number of nitrogens with two attached hydrogens (primary N) is 1. The lowest BCUT2D eigenvalue weighted by molar-refractivity contribution is 0.640. The van der Waals surface area contributed by atoms with E-state index >= 15 is 0 Å². The van der Waals surface area contributed by atoms with Gasteiger partial charge in [0, 0.05) is 18.8 Å². The van der Waals surface area contributed by atoms with Crippen LogP contribution in [0.1, 0.15) is 29.7 Å². The van der Waals surface area contributed by atoms with Crippen molar-refractivity contribution in [3.63, 3.8) is 0 Å². The van der Waals surface area contributed by atoms with Gasteiger partial charge in [-0.3, -0.25) is 0 Å². The van der Waals surface area contributed by atoms with Gasteiger partial charge in [0.1, 0.15) is 0 Å². The number of aryl methyl sites for hydroxylation is 2. The lowest BCUT2D eigenvalue weighted by atomic mass is 9.99. The van der Waals surface area contributed by atoms with Gasteiger partial charge < -0.3 is 10.6 Å². The Morgan fingerprint density at radius 2 is 1.80 bits per heavy atom. The highest BCUT2D eigenvalue weighted by molar-refractivity contribution is 5.51. The zero-order valence-corrected chi connectivity index (χ0v) is 12.6. The maximum absolute atomic E-state index is 6.08. The summed E-state index contributed by atoms with van der Waals surface area (Å²) in [5.41, 5.74) is 11.2. The molecule has 0 amide bonds. The Labute approximate surface area is 122 Å². The van der Waals surface area contributed by atoms with Crippen molar-refractivity contribution in [3.05, 3.63) is 65.2 Å². The van der Waals surface area contributed by atoms with Gasteiger partial charge in [-0.2, -0.15) is 0 Å². The van der Waals surface area contributed by atoms with E-state index in [0.29, 0.717) is 6.54 Å². The second-order valence-electron chi connectivity index (χ2n) is 5.23. The third-order valence-electron chi connectivity index (χ3n) is 3.82. The Bertz CT molecular complexity index is 563. The summed E-state index contributed by atoms with van der Waals surface area (Å²) >= 11 is 0. The Hall–Kier alpha value is -1.80. The zero-order chi connectivity index (χ0) is 14.5. The third kappa shape index (κ3) is 3.02. The fraction of sp³-hybridized carbons (Fsp3) is 0.333. The van der Waals surface area contributed by atoms with Crippen LogP contribution in [0.4, 0.5) is 5.69 Å². The molecule has 106 valence electrons. The lowest BCUT2D eigenvalue weighted by Crippen LogP contribution is -2.34. The molecule has 0 aromatic heterocycles. The third-order valence-corrected chi connectivity index (χ3v) is 3.82. The Morgan fingerprint density at radius 1 is 1.05 bits per heavy atom. The molecule has 2 aromatic rings. The molecule has 0 saturated carbocycles. The van der Waals surface area contributed by atoms with Crippen molar-refractivity contribution in [1.82, 2.24) is 0 Å². The summed E-state index contributed by atoms with van der Waals surface area (Å²) in [6.45, 7) is 8.03. The summed E-state index contributed by atoms with van der Waals surface area (Å²) in [5, 5.41) is 0. The standard InChI is InChI=1S/C18H24N2/c1-4-20(16-10-7-8-14(2)12-16)18(13-19)17-11-6-5-9-15(17)3/h5-12,18H,4,13,19H2,1-3H3. The molecule has 2 N–H and O–H groups in total. The molecule has 0 bridgehead atoms. The van der Waals surface area contributed by atoms with Crippen molar-refractivity contribution in [1.29, 1.82) is 0 Å². The minimum Gasteiger partial charge on any atom is -0.363 e. The molecule has 0 spiro atoms. The average molecular weight is 268 g/mol. The van der Waals surface area contributed by atoms with Crippen LogP contribution in [0.15, 0.2) is 48.5 Å². The predicted molar refractivity (Wildman–Crippen MR) is 87.2 cm³/mol. The second-order valence-corrected chi connectivity index (χ2v) is 5.23. The molecule has 0 aliphatic carbocycles. The smallest absolute Gasteiger partial charge is 0.0667 e. The molecule has 2 aromatic carbocycles. The van der Waals surface area contributed by atoms with Crippen molar-refractivity contribution >= 4 is 5.69 Å². The minimum absolute atomic E-state index is 0.225. The monoisotopic (exact) mass is 268 g/mol. The molecule has 0 aliphatic rings. The topological polar surface area (TPSA) is 29.3 Å². The first-order chi connectivity index (χ1) is 9.67. The van der Waals surface area contributed by atoms with Gasteiger partial charge in [0.25, 0.3) is 0 Å². The normalized spacial score (nSPS) is 12.2. The molecule has 0 aliphatic heterocycles. The van der Waals surface area contributed by atoms with Crippen LogP contribution in [0.3, 0.4) is 0 Å². The summed E-state index contributed by atoms with van der Waals surface area (Å²) in [6, 6.07) is 17.4. The summed E-state index contributed by atoms with van der Waals surface area (Å²) in [5.74, 6) is 0. The van der Waals surface area contributed by atoms with Crippen LogP contribution >= 0.6 is 0 Å². The number of likely N-dealkylation sites (N-methyl/N-ethyl adjacent to an activating group) is 1. The highest BCUT2D eigenvalue weighted by Gasteiger charge is 2.19. The van der Waals surface area contributed by atoms with E-state index in [1.54, 1.807) is 0 Å². The zero-order valence-electron chi connectivity index (χ0n) is 12.6. The molecular formula is C18H24N2. The summed E-state index contributed by atoms with van der Waals surface area (Å²) < 4.78 is 0. The highest BCUT2D eigenvalue weighted by atomic mass is 15.2. The molecule has 1 unspecified atom stereocenters. The first-order valence-corrected chi connectivity index (χ1v) is 7.26. The van der Waals surface area contributed by atoms with Gasteiger partial charge in [0.15, 0.2) is 0 Å². The Kier molecular flexibility index (Phi) is 4.80. The first-order valence-electron chi connectivity index (χ1n) is 7.26. The van der Waals surface area contributed by atoms with Crippen molar-refractivity contribution in [2.45, 2.75) is 26.8 Å². The molecule has 0 heterocycles. The number of rotatable bonds is 5. The summed E-state index contributed by atoms with van der Waals surface area (Å²) in [7, 11) is 0. The number of anilines is 1. The SMILES string of the molecule is CCN(c1cccc(C)c1)C(CN)c1ccccc1C. The van der Waals surface area contributed by atoms with E-state index in [9.17, 15) is 0 Å². The Balaban J connectivity index is 2.40. The van der Waals surface area contributed by atoms with Gasteiger partial charge in [0.2, 0.25) is 0 Å². The van der Waals surface area contributed by atoms with Crippen LogP contribution in [0.25, 0.3) is 0 Å². The van der Waals surface area contributed by atoms with Crippen LogP contribution in [-0.4, -0.2) is 13.1 Å². The van der Waals surface area contributed by atoms with E-state index in [1.165, 1.54) is 22.4 Å². The van der Waals surface area contributed by atoms with Crippen LogP contribution in [0, 0.1) is 13.8 Å². The molecule has 0 radical (unpaired) electrons. The maximum atomic E-state index is 6.08. The first kappa shape index (κ1) is 14.6. The van der Waals surface area contributed by atoms with Gasteiger partial charge in [-0.05, 0) is 49.6 Å². The number of benzene rings is 2. The summed E-state index contributed by atoms with van der Waals surface area (Å²) in [4.78, 5) is 2.38. The van der Waals surface area contributed by atoms with Crippen LogP contribution < -0.4 is 10.6 Å². The minimum atomic E-state index is 0.225. The van der Waals surface area contributed by atoms with E-state index in [0.717, 1.165) is 6.54 Å². The average Bonchev–Trinajstić information content (AvgIpc) is 2.45.